The van der Waals surface area contributed by atoms with E-state index in [4.69, 9.17) is 10.5 Å². The minimum absolute atomic E-state index is 0. The lowest BCUT2D eigenvalue weighted by atomic mass is 9.97. The highest BCUT2D eigenvalue weighted by atomic mass is 35.5. The summed E-state index contributed by atoms with van der Waals surface area (Å²) in [4.78, 5) is 25.9. The average molecular weight is 342 g/mol. The van der Waals surface area contributed by atoms with E-state index in [2.05, 4.69) is 5.32 Å². The third kappa shape index (κ3) is 6.08. The number of benzene rings is 1. The summed E-state index contributed by atoms with van der Waals surface area (Å²) >= 11 is 0. The number of nitrogens with zero attached hydrogens (tertiary/aromatic N) is 1. The Kier molecular flexibility index (Phi) is 8.43. The standard InChI is InChI=1S/C16H23N3O3.ClH/c17-8-9-18-16(21)13-5-4-10-19(11-13)15(20)12-22-14-6-2-1-3-7-14;/h1-3,6-7,13H,4-5,8-12,17H2,(H,18,21);1H. The lowest BCUT2D eigenvalue weighted by molar-refractivity contribution is -0.137. The maximum atomic E-state index is 12.2. The molecule has 1 aliphatic heterocycles. The number of hydrogen-bond donors (Lipinski definition) is 2. The molecule has 0 aliphatic carbocycles. The van der Waals surface area contributed by atoms with Crippen LogP contribution < -0.4 is 15.8 Å². The molecule has 0 bridgehead atoms. The van der Waals surface area contributed by atoms with Crippen LogP contribution in [0, 0.1) is 5.92 Å². The van der Waals surface area contributed by atoms with Crippen molar-refractivity contribution >= 4 is 24.2 Å². The van der Waals surface area contributed by atoms with Gasteiger partial charge in [-0.15, -0.1) is 12.4 Å². The first kappa shape index (κ1) is 19.3. The molecule has 2 rings (SSSR count). The Labute approximate surface area is 142 Å². The van der Waals surface area contributed by atoms with E-state index in [1.165, 1.54) is 0 Å². The van der Waals surface area contributed by atoms with E-state index in [-0.39, 0.29) is 36.7 Å². The molecule has 1 heterocycles. The molecule has 0 saturated carbocycles. The van der Waals surface area contributed by atoms with Crippen molar-refractivity contribution in [2.75, 3.05) is 32.8 Å². The second kappa shape index (κ2) is 10.1. The molecular formula is C16H24ClN3O3. The highest BCUT2D eigenvalue weighted by Crippen LogP contribution is 2.17. The van der Waals surface area contributed by atoms with E-state index < -0.39 is 0 Å². The summed E-state index contributed by atoms with van der Waals surface area (Å²) in [5.74, 6) is 0.415. The van der Waals surface area contributed by atoms with Gasteiger partial charge in [0.15, 0.2) is 6.61 Å². The lowest BCUT2D eigenvalue weighted by Crippen LogP contribution is -2.47. The maximum Gasteiger partial charge on any atom is 0.260 e. The number of amides is 2. The van der Waals surface area contributed by atoms with E-state index in [1.54, 1.807) is 4.90 Å². The molecule has 1 fully saturated rings. The van der Waals surface area contributed by atoms with Gasteiger partial charge in [-0.1, -0.05) is 18.2 Å². The van der Waals surface area contributed by atoms with Gasteiger partial charge in [-0.05, 0) is 25.0 Å². The zero-order valence-electron chi connectivity index (χ0n) is 13.1. The molecule has 0 aromatic heterocycles. The molecule has 0 radical (unpaired) electrons. The van der Waals surface area contributed by atoms with E-state index in [0.717, 1.165) is 12.8 Å². The Hall–Kier alpha value is -1.79. The number of carbonyl (C=O) groups excluding carboxylic acids is 2. The number of likely N-dealkylation sites (tertiary alicyclic amines) is 1. The Balaban J connectivity index is 0.00000264. The molecule has 1 saturated heterocycles. The van der Waals surface area contributed by atoms with Crippen LogP contribution in [0.5, 0.6) is 5.75 Å². The van der Waals surface area contributed by atoms with Crippen molar-refractivity contribution in [2.24, 2.45) is 11.7 Å². The molecule has 0 spiro atoms. The number of nitrogens with two attached hydrogens (primary N) is 1. The molecule has 6 nitrogen and oxygen atoms in total. The minimum Gasteiger partial charge on any atom is -0.484 e. The Morgan fingerprint density at radius 2 is 2.04 bits per heavy atom. The predicted molar refractivity (Wildman–Crippen MR) is 90.6 cm³/mol. The zero-order valence-corrected chi connectivity index (χ0v) is 13.9. The molecule has 128 valence electrons. The molecule has 1 aliphatic rings. The van der Waals surface area contributed by atoms with Crippen LogP contribution in [0.15, 0.2) is 30.3 Å². The first-order valence-electron chi connectivity index (χ1n) is 7.64. The van der Waals surface area contributed by atoms with Gasteiger partial charge in [-0.25, -0.2) is 0 Å². The van der Waals surface area contributed by atoms with Crippen LogP contribution in [0.3, 0.4) is 0 Å². The van der Waals surface area contributed by atoms with Gasteiger partial charge in [0.2, 0.25) is 5.91 Å². The predicted octanol–water partition coefficient (Wildman–Crippen LogP) is 0.801. The van der Waals surface area contributed by atoms with Crippen LogP contribution in [0.1, 0.15) is 12.8 Å². The third-order valence-corrected chi connectivity index (χ3v) is 3.69. The SMILES string of the molecule is Cl.NCCNC(=O)C1CCCN(C(=O)COc2ccccc2)C1. The quantitative estimate of drug-likeness (QED) is 0.801. The van der Waals surface area contributed by atoms with E-state index in [9.17, 15) is 9.59 Å². The van der Waals surface area contributed by atoms with Crippen LogP contribution >= 0.6 is 12.4 Å². The molecular weight excluding hydrogens is 318 g/mol. The maximum absolute atomic E-state index is 12.2. The highest BCUT2D eigenvalue weighted by molar-refractivity contribution is 5.85. The number of rotatable bonds is 6. The summed E-state index contributed by atoms with van der Waals surface area (Å²) < 4.78 is 5.47. The summed E-state index contributed by atoms with van der Waals surface area (Å²) in [6.07, 6.45) is 1.64. The lowest BCUT2D eigenvalue weighted by Gasteiger charge is -2.32. The molecule has 1 unspecified atom stereocenters. The van der Waals surface area contributed by atoms with Gasteiger partial charge < -0.3 is 20.7 Å². The van der Waals surface area contributed by atoms with Crippen molar-refractivity contribution in [3.63, 3.8) is 0 Å². The van der Waals surface area contributed by atoms with E-state index in [1.807, 2.05) is 30.3 Å². The Bertz CT molecular complexity index is 499. The van der Waals surface area contributed by atoms with Crippen LogP contribution in [-0.4, -0.2) is 49.5 Å². The van der Waals surface area contributed by atoms with Crippen LogP contribution in [-0.2, 0) is 9.59 Å². The number of carbonyl (C=O) groups is 2. The molecule has 2 amide bonds. The summed E-state index contributed by atoms with van der Waals surface area (Å²) in [7, 11) is 0. The monoisotopic (exact) mass is 341 g/mol. The second-order valence-electron chi connectivity index (χ2n) is 5.36. The topological polar surface area (TPSA) is 84.7 Å². The van der Waals surface area contributed by atoms with Gasteiger partial charge in [-0.3, -0.25) is 9.59 Å². The number of nitrogens with one attached hydrogen (secondary N) is 1. The first-order valence-corrected chi connectivity index (χ1v) is 7.64. The van der Waals surface area contributed by atoms with Crippen molar-refractivity contribution in [3.05, 3.63) is 30.3 Å². The summed E-state index contributed by atoms with van der Waals surface area (Å²) in [5, 5.41) is 2.79. The van der Waals surface area contributed by atoms with Gasteiger partial charge in [0, 0.05) is 26.2 Å². The Morgan fingerprint density at radius 1 is 1.30 bits per heavy atom. The van der Waals surface area contributed by atoms with Crippen molar-refractivity contribution in [1.29, 1.82) is 0 Å². The van der Waals surface area contributed by atoms with Crippen LogP contribution in [0.25, 0.3) is 0 Å². The minimum atomic E-state index is -0.152. The first-order chi connectivity index (χ1) is 10.7. The van der Waals surface area contributed by atoms with Crippen LogP contribution in [0.4, 0.5) is 0 Å². The van der Waals surface area contributed by atoms with Crippen molar-refractivity contribution < 1.29 is 14.3 Å². The summed E-state index contributed by atoms with van der Waals surface area (Å²) in [6, 6.07) is 9.24. The normalized spacial score (nSPS) is 17.1. The van der Waals surface area contributed by atoms with Crippen molar-refractivity contribution in [2.45, 2.75) is 12.8 Å². The smallest absolute Gasteiger partial charge is 0.260 e. The van der Waals surface area contributed by atoms with Crippen molar-refractivity contribution in [1.82, 2.24) is 10.2 Å². The summed E-state index contributed by atoms with van der Waals surface area (Å²) in [5.41, 5.74) is 5.38. The molecule has 1 aromatic rings. The Morgan fingerprint density at radius 3 is 2.74 bits per heavy atom. The molecule has 3 N–H and O–H groups in total. The molecule has 1 atom stereocenters. The summed E-state index contributed by atoms with van der Waals surface area (Å²) in [6.45, 7) is 2.03. The molecule has 1 aromatic carbocycles. The van der Waals surface area contributed by atoms with Gasteiger partial charge in [0.25, 0.3) is 5.91 Å². The van der Waals surface area contributed by atoms with Gasteiger partial charge in [-0.2, -0.15) is 0 Å². The van der Waals surface area contributed by atoms with Gasteiger partial charge >= 0.3 is 0 Å². The molecule has 7 heteroatoms. The largest absolute Gasteiger partial charge is 0.484 e. The number of para-hydroxylation sites is 1. The fourth-order valence-electron chi connectivity index (χ4n) is 2.51. The zero-order chi connectivity index (χ0) is 15.8. The number of hydrogen-bond acceptors (Lipinski definition) is 4. The van der Waals surface area contributed by atoms with Crippen LogP contribution in [0.2, 0.25) is 0 Å². The van der Waals surface area contributed by atoms with E-state index >= 15 is 0 Å². The fourth-order valence-corrected chi connectivity index (χ4v) is 2.51. The number of piperidine rings is 1. The second-order valence-corrected chi connectivity index (χ2v) is 5.36. The van der Waals surface area contributed by atoms with Gasteiger partial charge in [0.05, 0.1) is 5.92 Å². The third-order valence-electron chi connectivity index (χ3n) is 3.69. The van der Waals surface area contributed by atoms with E-state index in [0.29, 0.717) is 31.9 Å². The van der Waals surface area contributed by atoms with Crippen molar-refractivity contribution in [3.8, 4) is 5.75 Å². The highest BCUT2D eigenvalue weighted by Gasteiger charge is 2.28. The number of ether oxygens (including phenoxy) is 1. The van der Waals surface area contributed by atoms with Gasteiger partial charge in [0.1, 0.15) is 5.75 Å². The fraction of sp³-hybridized carbons (Fsp3) is 0.500. The number of halogens is 1. The molecule has 23 heavy (non-hydrogen) atoms. The average Bonchev–Trinajstić information content (AvgIpc) is 2.58.